The molecule has 2 fully saturated rings. The van der Waals surface area contributed by atoms with Gasteiger partial charge in [-0.15, -0.1) is 0 Å². The Morgan fingerprint density at radius 2 is 2.06 bits per heavy atom. The lowest BCUT2D eigenvalue weighted by molar-refractivity contribution is 0.0789. The van der Waals surface area contributed by atoms with E-state index in [2.05, 4.69) is 17.1 Å². The van der Waals surface area contributed by atoms with Crippen LogP contribution in [0, 0.1) is 11.3 Å². The lowest BCUT2D eigenvalue weighted by Crippen LogP contribution is -2.46. The monoisotopic (exact) mass is 254 g/mol. The highest BCUT2D eigenvalue weighted by Crippen LogP contribution is 2.39. The Morgan fingerprint density at radius 3 is 2.72 bits per heavy atom. The van der Waals surface area contributed by atoms with Crippen LogP contribution in [0.1, 0.15) is 45.4 Å². The summed E-state index contributed by atoms with van der Waals surface area (Å²) < 4.78 is 0. The second-order valence-electron chi connectivity index (χ2n) is 6.41. The number of hydrogen-bond acceptors (Lipinski definition) is 3. The van der Waals surface area contributed by atoms with E-state index < -0.39 is 0 Å². The van der Waals surface area contributed by atoms with Gasteiger partial charge in [-0.3, -0.25) is 0 Å². The molecule has 0 aromatic heterocycles. The Bertz CT molecular complexity index is 239. The summed E-state index contributed by atoms with van der Waals surface area (Å²) in [5.41, 5.74) is 0.521. The quantitative estimate of drug-likeness (QED) is 0.759. The van der Waals surface area contributed by atoms with Gasteiger partial charge in [-0.2, -0.15) is 0 Å². The van der Waals surface area contributed by atoms with E-state index in [1.54, 1.807) is 0 Å². The normalized spacial score (nSPS) is 28.7. The molecular weight excluding hydrogens is 224 g/mol. The first-order valence-electron chi connectivity index (χ1n) is 7.82. The van der Waals surface area contributed by atoms with Crippen molar-refractivity contribution in [2.75, 3.05) is 39.3 Å². The van der Waals surface area contributed by atoms with Gasteiger partial charge in [0, 0.05) is 26.2 Å². The van der Waals surface area contributed by atoms with Gasteiger partial charge in [0.25, 0.3) is 0 Å². The largest absolute Gasteiger partial charge is 0.396 e. The van der Waals surface area contributed by atoms with Crippen molar-refractivity contribution in [3.05, 3.63) is 0 Å². The zero-order chi connectivity index (χ0) is 12.8. The molecule has 0 amide bonds. The molecule has 1 atom stereocenters. The van der Waals surface area contributed by atoms with Crippen LogP contribution >= 0.6 is 0 Å². The summed E-state index contributed by atoms with van der Waals surface area (Å²) in [6.45, 7) is 8.44. The highest BCUT2D eigenvalue weighted by molar-refractivity contribution is 4.90. The Hall–Kier alpha value is -0.120. The number of aliphatic hydroxyl groups is 1. The summed E-state index contributed by atoms with van der Waals surface area (Å²) in [5.74, 6) is 0.524. The van der Waals surface area contributed by atoms with Gasteiger partial charge in [0.1, 0.15) is 0 Å². The van der Waals surface area contributed by atoms with Crippen molar-refractivity contribution >= 4 is 0 Å². The fraction of sp³-hybridized carbons (Fsp3) is 1.00. The van der Waals surface area contributed by atoms with Crippen molar-refractivity contribution in [2.45, 2.75) is 45.4 Å². The van der Waals surface area contributed by atoms with Crippen LogP contribution in [0.15, 0.2) is 0 Å². The molecule has 1 aliphatic carbocycles. The highest BCUT2D eigenvalue weighted by atomic mass is 16.3. The maximum atomic E-state index is 9.34. The number of rotatable bonds is 6. The molecule has 1 heterocycles. The first kappa shape index (κ1) is 14.3. The molecule has 1 aliphatic heterocycles. The maximum absolute atomic E-state index is 9.34. The number of aliphatic hydroxyl groups excluding tert-OH is 1. The minimum absolute atomic E-state index is 0.372. The predicted octanol–water partition coefficient (Wildman–Crippen LogP) is 1.86. The molecule has 2 N–H and O–H groups in total. The first-order valence-corrected chi connectivity index (χ1v) is 7.82. The van der Waals surface area contributed by atoms with Gasteiger partial charge in [0.15, 0.2) is 0 Å². The zero-order valence-electron chi connectivity index (χ0n) is 12.0. The second-order valence-corrected chi connectivity index (χ2v) is 6.41. The molecule has 3 heteroatoms. The van der Waals surface area contributed by atoms with Gasteiger partial charge < -0.3 is 15.3 Å². The lowest BCUT2D eigenvalue weighted by atomic mass is 9.84. The lowest BCUT2D eigenvalue weighted by Gasteiger charge is -2.39. The predicted molar refractivity (Wildman–Crippen MR) is 75.7 cm³/mol. The van der Waals surface area contributed by atoms with Gasteiger partial charge >= 0.3 is 0 Å². The van der Waals surface area contributed by atoms with Crippen molar-refractivity contribution in [1.82, 2.24) is 10.2 Å². The number of likely N-dealkylation sites (tertiary alicyclic amines) is 1. The summed E-state index contributed by atoms with van der Waals surface area (Å²) in [6.07, 6.45) is 8.07. The standard InChI is InChI=1S/C15H30N2O/c1-2-16-12-15(7-3-4-8-15)13-17-9-5-6-14(10-17)11-18/h14,16,18H,2-13H2,1H3. The molecule has 0 aromatic rings. The van der Waals surface area contributed by atoms with Gasteiger partial charge in [-0.1, -0.05) is 19.8 Å². The summed E-state index contributed by atoms with van der Waals surface area (Å²) in [4.78, 5) is 2.62. The van der Waals surface area contributed by atoms with E-state index in [4.69, 9.17) is 0 Å². The first-order chi connectivity index (χ1) is 8.78. The van der Waals surface area contributed by atoms with Gasteiger partial charge in [0.2, 0.25) is 0 Å². The third-order valence-corrected chi connectivity index (χ3v) is 4.83. The Morgan fingerprint density at radius 1 is 1.28 bits per heavy atom. The van der Waals surface area contributed by atoms with E-state index in [0.717, 1.165) is 13.1 Å². The molecule has 106 valence electrons. The highest BCUT2D eigenvalue weighted by Gasteiger charge is 2.36. The molecule has 2 aliphatic rings. The van der Waals surface area contributed by atoms with E-state index in [0.29, 0.717) is 17.9 Å². The molecule has 3 nitrogen and oxygen atoms in total. The van der Waals surface area contributed by atoms with Gasteiger partial charge in [-0.25, -0.2) is 0 Å². The fourth-order valence-corrected chi connectivity index (χ4v) is 3.82. The third-order valence-electron chi connectivity index (χ3n) is 4.83. The van der Waals surface area contributed by atoms with E-state index >= 15 is 0 Å². The summed E-state index contributed by atoms with van der Waals surface area (Å²) in [7, 11) is 0. The van der Waals surface area contributed by atoms with E-state index in [9.17, 15) is 5.11 Å². The van der Waals surface area contributed by atoms with Crippen LogP contribution in [0.5, 0.6) is 0 Å². The fourth-order valence-electron chi connectivity index (χ4n) is 3.82. The average Bonchev–Trinajstić information content (AvgIpc) is 2.85. The average molecular weight is 254 g/mol. The van der Waals surface area contributed by atoms with Crippen molar-refractivity contribution in [3.8, 4) is 0 Å². The minimum atomic E-state index is 0.372. The van der Waals surface area contributed by atoms with Crippen LogP contribution < -0.4 is 5.32 Å². The Balaban J connectivity index is 1.87. The van der Waals surface area contributed by atoms with Crippen LogP contribution in [0.3, 0.4) is 0 Å². The smallest absolute Gasteiger partial charge is 0.0471 e. The van der Waals surface area contributed by atoms with Crippen molar-refractivity contribution in [3.63, 3.8) is 0 Å². The van der Waals surface area contributed by atoms with E-state index in [-0.39, 0.29) is 0 Å². The summed E-state index contributed by atoms with van der Waals surface area (Å²) in [6, 6.07) is 0. The van der Waals surface area contributed by atoms with Crippen molar-refractivity contribution < 1.29 is 5.11 Å². The van der Waals surface area contributed by atoms with Crippen LogP contribution in [0.4, 0.5) is 0 Å². The van der Waals surface area contributed by atoms with Crippen LogP contribution in [0.25, 0.3) is 0 Å². The molecule has 0 aromatic carbocycles. The molecule has 0 radical (unpaired) electrons. The number of nitrogens with zero attached hydrogens (tertiary/aromatic N) is 1. The number of piperidine rings is 1. The molecule has 18 heavy (non-hydrogen) atoms. The van der Waals surface area contributed by atoms with Crippen LogP contribution in [0.2, 0.25) is 0 Å². The van der Waals surface area contributed by atoms with Crippen LogP contribution in [-0.4, -0.2) is 49.3 Å². The van der Waals surface area contributed by atoms with Gasteiger partial charge in [0.05, 0.1) is 0 Å². The summed E-state index contributed by atoms with van der Waals surface area (Å²) >= 11 is 0. The minimum Gasteiger partial charge on any atom is -0.396 e. The number of nitrogens with one attached hydrogen (secondary N) is 1. The van der Waals surface area contributed by atoms with E-state index in [1.165, 1.54) is 58.2 Å². The second kappa shape index (κ2) is 6.88. The Labute approximate surface area is 112 Å². The van der Waals surface area contributed by atoms with Crippen molar-refractivity contribution in [2.24, 2.45) is 11.3 Å². The van der Waals surface area contributed by atoms with Crippen molar-refractivity contribution in [1.29, 1.82) is 0 Å². The topological polar surface area (TPSA) is 35.5 Å². The molecule has 1 saturated carbocycles. The number of hydrogen-bond donors (Lipinski definition) is 2. The maximum Gasteiger partial charge on any atom is 0.0471 e. The molecule has 1 saturated heterocycles. The van der Waals surface area contributed by atoms with E-state index in [1.807, 2.05) is 0 Å². The SMILES string of the molecule is CCNCC1(CN2CCCC(CO)C2)CCCC1. The molecule has 1 unspecified atom stereocenters. The zero-order valence-corrected chi connectivity index (χ0v) is 12.0. The summed E-state index contributed by atoms with van der Waals surface area (Å²) in [5, 5.41) is 12.9. The molecule has 0 spiro atoms. The third kappa shape index (κ3) is 3.69. The Kier molecular flexibility index (Phi) is 5.46. The molecule has 0 bridgehead atoms. The van der Waals surface area contributed by atoms with Crippen LogP contribution in [-0.2, 0) is 0 Å². The molecule has 2 rings (SSSR count). The van der Waals surface area contributed by atoms with Gasteiger partial charge in [-0.05, 0) is 50.1 Å². The molecular formula is C15H30N2O.